The second-order valence-corrected chi connectivity index (χ2v) is 10.4. The summed E-state index contributed by atoms with van der Waals surface area (Å²) in [6.45, 7) is 11.2. The van der Waals surface area contributed by atoms with E-state index in [0.29, 0.717) is 26.1 Å². The molecule has 0 spiro atoms. The van der Waals surface area contributed by atoms with Gasteiger partial charge in [0.25, 0.3) is 5.91 Å². The summed E-state index contributed by atoms with van der Waals surface area (Å²) >= 11 is 0. The third-order valence-electron chi connectivity index (χ3n) is 6.67. The van der Waals surface area contributed by atoms with Crippen LogP contribution < -0.4 is 11.1 Å². The zero-order chi connectivity index (χ0) is 30.0. The zero-order valence-corrected chi connectivity index (χ0v) is 25.8. The van der Waals surface area contributed by atoms with Gasteiger partial charge in [-0.05, 0) is 38.5 Å². The molecule has 0 aliphatic heterocycles. The summed E-state index contributed by atoms with van der Waals surface area (Å²) in [6, 6.07) is 0. The van der Waals surface area contributed by atoms with E-state index in [0.717, 1.165) is 90.1 Å². The lowest BCUT2D eigenvalue weighted by Gasteiger charge is -2.27. The number of rotatable bonds is 27. The maximum Gasteiger partial charge on any atom is 0.251 e. The van der Waals surface area contributed by atoms with E-state index in [4.69, 9.17) is 15.2 Å². The van der Waals surface area contributed by atoms with E-state index in [2.05, 4.69) is 33.0 Å². The molecule has 0 saturated carbocycles. The molecule has 40 heavy (non-hydrogen) atoms. The maximum atomic E-state index is 13.1. The Morgan fingerprint density at radius 2 is 1.23 bits per heavy atom. The van der Waals surface area contributed by atoms with E-state index in [9.17, 15) is 19.2 Å². The Bertz CT molecular complexity index is 683. The minimum atomic E-state index is -0.632. The largest absolute Gasteiger partial charge is 0.368 e. The second kappa shape index (κ2) is 25.7. The van der Waals surface area contributed by atoms with Crippen LogP contribution in [0, 0.1) is 0 Å². The summed E-state index contributed by atoms with van der Waals surface area (Å²) in [6.07, 6.45) is 11.2. The van der Waals surface area contributed by atoms with Crippen LogP contribution in [0.1, 0.15) is 111 Å². The number of hydrogen-bond acceptors (Lipinski definition) is 6. The third kappa shape index (κ3) is 19.8. The number of amides is 4. The molecule has 0 aliphatic carbocycles. The highest BCUT2D eigenvalue weighted by atomic mass is 16.5. The predicted molar refractivity (Wildman–Crippen MR) is 159 cm³/mol. The van der Waals surface area contributed by atoms with Crippen LogP contribution in [0.25, 0.3) is 0 Å². The number of nitrogens with two attached hydrogens (primary N) is 1. The highest BCUT2D eigenvalue weighted by Gasteiger charge is 2.24. The molecular formula is C30H58N4O6. The van der Waals surface area contributed by atoms with E-state index in [-0.39, 0.29) is 37.5 Å². The first-order chi connectivity index (χ1) is 19.3. The molecule has 0 radical (unpaired) electrons. The summed E-state index contributed by atoms with van der Waals surface area (Å²) in [5.41, 5.74) is 5.22. The van der Waals surface area contributed by atoms with Crippen molar-refractivity contribution in [3.8, 4) is 0 Å². The molecule has 0 bridgehead atoms. The van der Waals surface area contributed by atoms with Gasteiger partial charge in [0.2, 0.25) is 17.7 Å². The van der Waals surface area contributed by atoms with Gasteiger partial charge in [-0.25, -0.2) is 0 Å². The summed E-state index contributed by atoms with van der Waals surface area (Å²) < 4.78 is 10.9. The second-order valence-electron chi connectivity index (χ2n) is 10.4. The Hall–Kier alpha value is -2.20. The molecule has 0 aromatic rings. The normalized spacial score (nSPS) is 11.7. The molecule has 0 heterocycles. The number of nitrogens with zero attached hydrogens (tertiary/aromatic N) is 2. The molecule has 1 unspecified atom stereocenters. The van der Waals surface area contributed by atoms with Gasteiger partial charge in [-0.15, -0.1) is 0 Å². The summed E-state index contributed by atoms with van der Waals surface area (Å²) in [4.78, 5) is 52.5. The number of unbranched alkanes of at least 4 members (excludes halogenated alkanes) is 7. The van der Waals surface area contributed by atoms with Gasteiger partial charge in [0.1, 0.15) is 25.9 Å². The third-order valence-corrected chi connectivity index (χ3v) is 6.67. The molecule has 10 nitrogen and oxygen atoms in total. The number of hydrogen-bond donors (Lipinski definition) is 2. The minimum Gasteiger partial charge on any atom is -0.368 e. The van der Waals surface area contributed by atoms with Gasteiger partial charge in [-0.1, -0.05) is 72.6 Å². The molecule has 0 fully saturated rings. The fourth-order valence-electron chi connectivity index (χ4n) is 4.18. The van der Waals surface area contributed by atoms with E-state index < -0.39 is 12.0 Å². The van der Waals surface area contributed by atoms with Crippen molar-refractivity contribution in [1.82, 2.24) is 15.1 Å². The van der Waals surface area contributed by atoms with Gasteiger partial charge in [-0.3, -0.25) is 19.2 Å². The molecule has 3 N–H and O–H groups in total. The van der Waals surface area contributed by atoms with E-state index >= 15 is 0 Å². The molecular weight excluding hydrogens is 512 g/mol. The quantitative estimate of drug-likeness (QED) is 0.144. The van der Waals surface area contributed by atoms with Crippen LogP contribution in [-0.4, -0.2) is 92.1 Å². The van der Waals surface area contributed by atoms with Gasteiger partial charge in [-0.2, -0.15) is 0 Å². The monoisotopic (exact) mass is 570 g/mol. The fraction of sp³-hybridized carbons (Fsp3) is 0.867. The average Bonchev–Trinajstić information content (AvgIpc) is 2.93. The Morgan fingerprint density at radius 3 is 1.80 bits per heavy atom. The van der Waals surface area contributed by atoms with Crippen molar-refractivity contribution in [3.05, 3.63) is 0 Å². The predicted octanol–water partition coefficient (Wildman–Crippen LogP) is 3.80. The van der Waals surface area contributed by atoms with E-state index in [1.54, 1.807) is 0 Å². The van der Waals surface area contributed by atoms with Gasteiger partial charge < -0.3 is 30.3 Å². The molecule has 234 valence electrons. The summed E-state index contributed by atoms with van der Waals surface area (Å²) in [7, 11) is 0. The molecule has 1 atom stereocenters. The number of nitrogens with one attached hydrogen (secondary N) is 1. The Balaban J connectivity index is 4.31. The Labute approximate surface area is 243 Å². The molecule has 0 rings (SSSR count). The van der Waals surface area contributed by atoms with Crippen LogP contribution >= 0.6 is 0 Å². The van der Waals surface area contributed by atoms with Gasteiger partial charge in [0.05, 0.1) is 0 Å². The summed E-state index contributed by atoms with van der Waals surface area (Å²) in [5.74, 6) is -0.907. The van der Waals surface area contributed by atoms with Crippen molar-refractivity contribution < 1.29 is 28.7 Å². The lowest BCUT2D eigenvalue weighted by Crippen LogP contribution is -2.42. The first kappa shape index (κ1) is 37.8. The Morgan fingerprint density at radius 1 is 0.675 bits per heavy atom. The van der Waals surface area contributed by atoms with Crippen LogP contribution in [0.15, 0.2) is 0 Å². The average molecular weight is 571 g/mol. The number of primary amides is 1. The maximum absolute atomic E-state index is 13.1. The van der Waals surface area contributed by atoms with Crippen molar-refractivity contribution in [2.45, 2.75) is 117 Å². The number of carbonyl (C=O) groups is 4. The van der Waals surface area contributed by atoms with Crippen molar-refractivity contribution in [1.29, 1.82) is 0 Å². The van der Waals surface area contributed by atoms with Gasteiger partial charge in [0.15, 0.2) is 0 Å². The lowest BCUT2D eigenvalue weighted by atomic mass is 10.1. The van der Waals surface area contributed by atoms with Crippen molar-refractivity contribution in [2.75, 3.05) is 52.5 Å². The standard InChI is InChI=1S/C30H58N4O6/c1-5-9-17-26(40-23-27(31)35)30(38)34(21-12-8-4)22-16-14-13-15-18-32-28(36)24-39-25-29(37)33(19-10-6-2)20-11-7-3/h26H,5-25H2,1-4H3,(H2,31,35)(H,32,36). The van der Waals surface area contributed by atoms with Crippen molar-refractivity contribution in [2.24, 2.45) is 5.73 Å². The molecule has 0 aliphatic rings. The highest BCUT2D eigenvalue weighted by molar-refractivity contribution is 5.82. The molecule has 0 saturated heterocycles. The Kier molecular flexibility index (Phi) is 24.3. The first-order valence-corrected chi connectivity index (χ1v) is 15.6. The van der Waals surface area contributed by atoms with Crippen molar-refractivity contribution >= 4 is 23.6 Å². The van der Waals surface area contributed by atoms with Crippen LogP contribution in [0.3, 0.4) is 0 Å². The highest BCUT2D eigenvalue weighted by Crippen LogP contribution is 2.12. The SMILES string of the molecule is CCCCC(OCC(N)=O)C(=O)N(CCCC)CCCCCCNC(=O)COCC(=O)N(CCCC)CCCC. The number of carbonyl (C=O) groups excluding carboxylic acids is 4. The topological polar surface area (TPSA) is 131 Å². The minimum absolute atomic E-state index is 0.0581. The van der Waals surface area contributed by atoms with E-state index in [1.165, 1.54) is 0 Å². The van der Waals surface area contributed by atoms with Gasteiger partial charge in [0, 0.05) is 32.7 Å². The van der Waals surface area contributed by atoms with Crippen LogP contribution in [0.5, 0.6) is 0 Å². The fourth-order valence-corrected chi connectivity index (χ4v) is 4.18. The molecule has 10 heteroatoms. The van der Waals surface area contributed by atoms with Crippen LogP contribution in [0.4, 0.5) is 0 Å². The van der Waals surface area contributed by atoms with Crippen molar-refractivity contribution in [3.63, 3.8) is 0 Å². The van der Waals surface area contributed by atoms with Crippen LogP contribution in [0.2, 0.25) is 0 Å². The smallest absolute Gasteiger partial charge is 0.251 e. The number of ether oxygens (including phenoxy) is 2. The lowest BCUT2D eigenvalue weighted by molar-refractivity contribution is -0.146. The first-order valence-electron chi connectivity index (χ1n) is 15.6. The molecule has 0 aromatic carbocycles. The van der Waals surface area contributed by atoms with Crippen LogP contribution in [-0.2, 0) is 28.7 Å². The van der Waals surface area contributed by atoms with Gasteiger partial charge >= 0.3 is 0 Å². The summed E-state index contributed by atoms with van der Waals surface area (Å²) in [5, 5.41) is 2.85. The zero-order valence-electron chi connectivity index (χ0n) is 25.8. The van der Waals surface area contributed by atoms with E-state index in [1.807, 2.05) is 9.80 Å². The molecule has 0 aromatic heterocycles. The molecule has 4 amide bonds.